The standard InChI is InChI=1S/C8H13F2NO3/c1-4-11(6(12)5(9)10)8(2,3)7(13)14/h5H,4H2,1-3H3,(H,13,14). The number of alkyl halides is 2. The maximum absolute atomic E-state index is 12.1. The molecule has 1 amide bonds. The van der Waals surface area contributed by atoms with Gasteiger partial charge in [-0.05, 0) is 20.8 Å². The normalized spacial score (nSPS) is 11.6. The van der Waals surface area contributed by atoms with Gasteiger partial charge in [0.2, 0.25) is 0 Å². The number of carboxylic acids is 1. The summed E-state index contributed by atoms with van der Waals surface area (Å²) in [6.45, 7) is 3.80. The van der Waals surface area contributed by atoms with Gasteiger partial charge in [0.1, 0.15) is 5.54 Å². The zero-order valence-electron chi connectivity index (χ0n) is 8.25. The van der Waals surface area contributed by atoms with Crippen LogP contribution in [0.4, 0.5) is 8.78 Å². The van der Waals surface area contributed by atoms with E-state index in [4.69, 9.17) is 5.11 Å². The van der Waals surface area contributed by atoms with Crippen molar-refractivity contribution in [2.24, 2.45) is 0 Å². The maximum atomic E-state index is 12.1. The summed E-state index contributed by atoms with van der Waals surface area (Å²) in [6, 6.07) is 0. The van der Waals surface area contributed by atoms with Crippen LogP contribution >= 0.6 is 0 Å². The first-order valence-electron chi connectivity index (χ1n) is 4.08. The second kappa shape index (κ2) is 4.34. The molecule has 0 atom stereocenters. The minimum absolute atomic E-state index is 0.0670. The molecule has 0 saturated carbocycles. The van der Waals surface area contributed by atoms with Crippen LogP contribution in [0.15, 0.2) is 0 Å². The zero-order chi connectivity index (χ0) is 11.5. The van der Waals surface area contributed by atoms with Crippen LogP contribution in [0.5, 0.6) is 0 Å². The molecule has 0 bridgehead atoms. The Hall–Kier alpha value is -1.20. The van der Waals surface area contributed by atoms with Gasteiger partial charge in [-0.1, -0.05) is 0 Å². The van der Waals surface area contributed by atoms with Crippen LogP contribution in [0, 0.1) is 0 Å². The number of carbonyl (C=O) groups is 2. The van der Waals surface area contributed by atoms with E-state index in [1.807, 2.05) is 0 Å². The summed E-state index contributed by atoms with van der Waals surface area (Å²) in [4.78, 5) is 22.3. The highest BCUT2D eigenvalue weighted by Crippen LogP contribution is 2.17. The van der Waals surface area contributed by atoms with Crippen molar-refractivity contribution < 1.29 is 23.5 Å². The van der Waals surface area contributed by atoms with E-state index >= 15 is 0 Å². The Morgan fingerprint density at radius 3 is 2.07 bits per heavy atom. The van der Waals surface area contributed by atoms with E-state index in [1.165, 1.54) is 20.8 Å². The van der Waals surface area contributed by atoms with E-state index in [-0.39, 0.29) is 6.54 Å². The smallest absolute Gasteiger partial charge is 0.329 e. The average Bonchev–Trinajstić information content (AvgIpc) is 2.04. The molecule has 0 spiro atoms. The van der Waals surface area contributed by atoms with Crippen LogP contribution in [-0.2, 0) is 9.59 Å². The van der Waals surface area contributed by atoms with E-state index in [9.17, 15) is 18.4 Å². The van der Waals surface area contributed by atoms with E-state index in [1.54, 1.807) is 0 Å². The highest BCUT2D eigenvalue weighted by Gasteiger charge is 2.39. The van der Waals surface area contributed by atoms with E-state index in [2.05, 4.69) is 0 Å². The number of carbonyl (C=O) groups excluding carboxylic acids is 1. The highest BCUT2D eigenvalue weighted by molar-refractivity contribution is 5.87. The molecule has 0 unspecified atom stereocenters. The molecular weight excluding hydrogens is 196 g/mol. The van der Waals surface area contributed by atoms with Crippen molar-refractivity contribution in [2.45, 2.75) is 32.7 Å². The number of halogens is 2. The molecule has 0 fully saturated rings. The zero-order valence-corrected chi connectivity index (χ0v) is 8.25. The molecule has 0 rings (SSSR count). The number of rotatable bonds is 4. The van der Waals surface area contributed by atoms with Gasteiger partial charge in [0.15, 0.2) is 0 Å². The Morgan fingerprint density at radius 1 is 1.43 bits per heavy atom. The molecule has 0 aliphatic rings. The summed E-state index contributed by atoms with van der Waals surface area (Å²) >= 11 is 0. The number of amides is 1. The minimum Gasteiger partial charge on any atom is -0.480 e. The Labute approximate surface area is 80.5 Å². The number of hydrogen-bond acceptors (Lipinski definition) is 2. The van der Waals surface area contributed by atoms with Crippen LogP contribution in [0.25, 0.3) is 0 Å². The monoisotopic (exact) mass is 209 g/mol. The fourth-order valence-electron chi connectivity index (χ4n) is 1.06. The van der Waals surface area contributed by atoms with E-state index in [0.29, 0.717) is 4.90 Å². The average molecular weight is 209 g/mol. The van der Waals surface area contributed by atoms with Gasteiger partial charge >= 0.3 is 12.4 Å². The molecule has 0 saturated heterocycles. The largest absolute Gasteiger partial charge is 0.480 e. The van der Waals surface area contributed by atoms with Crippen LogP contribution in [-0.4, -0.2) is 40.4 Å². The summed E-state index contributed by atoms with van der Waals surface area (Å²) in [5.41, 5.74) is -1.61. The van der Waals surface area contributed by atoms with Gasteiger partial charge in [-0.25, -0.2) is 4.79 Å². The van der Waals surface area contributed by atoms with Crippen molar-refractivity contribution in [2.75, 3.05) is 6.54 Å². The third-order valence-corrected chi connectivity index (χ3v) is 1.97. The predicted octanol–water partition coefficient (Wildman–Crippen LogP) is 0.963. The number of nitrogens with zero attached hydrogens (tertiary/aromatic N) is 1. The van der Waals surface area contributed by atoms with Gasteiger partial charge < -0.3 is 10.0 Å². The number of likely N-dealkylation sites (N-methyl/N-ethyl adjacent to an activating group) is 1. The molecule has 0 aromatic carbocycles. The molecule has 6 heteroatoms. The maximum Gasteiger partial charge on any atom is 0.329 e. The molecule has 4 nitrogen and oxygen atoms in total. The molecule has 0 heterocycles. The summed E-state index contributed by atoms with van der Waals surface area (Å²) in [7, 11) is 0. The molecule has 0 aromatic rings. The Kier molecular flexibility index (Phi) is 3.97. The lowest BCUT2D eigenvalue weighted by molar-refractivity contribution is -0.161. The van der Waals surface area contributed by atoms with Crippen LogP contribution < -0.4 is 0 Å². The van der Waals surface area contributed by atoms with Crippen molar-refractivity contribution in [3.05, 3.63) is 0 Å². The Morgan fingerprint density at radius 2 is 1.86 bits per heavy atom. The van der Waals surface area contributed by atoms with Gasteiger partial charge in [-0.2, -0.15) is 8.78 Å². The molecule has 0 aromatic heterocycles. The van der Waals surface area contributed by atoms with Crippen molar-refractivity contribution in [3.63, 3.8) is 0 Å². The third kappa shape index (κ3) is 2.40. The second-order valence-corrected chi connectivity index (χ2v) is 3.25. The van der Waals surface area contributed by atoms with E-state index < -0.39 is 23.8 Å². The predicted molar refractivity (Wildman–Crippen MR) is 45.1 cm³/mol. The molecule has 0 aliphatic carbocycles. The first-order chi connectivity index (χ1) is 6.25. The van der Waals surface area contributed by atoms with Gasteiger partial charge in [0.25, 0.3) is 5.91 Å². The summed E-state index contributed by atoms with van der Waals surface area (Å²) in [6.07, 6.45) is -3.17. The fraction of sp³-hybridized carbons (Fsp3) is 0.750. The van der Waals surface area contributed by atoms with Gasteiger partial charge in [-0.15, -0.1) is 0 Å². The Bertz CT molecular complexity index is 241. The van der Waals surface area contributed by atoms with Crippen molar-refractivity contribution in [1.82, 2.24) is 4.90 Å². The molecule has 0 radical (unpaired) electrons. The van der Waals surface area contributed by atoms with Gasteiger partial charge in [0, 0.05) is 6.54 Å². The SMILES string of the molecule is CCN(C(=O)C(F)F)C(C)(C)C(=O)O. The molecule has 0 aliphatic heterocycles. The summed E-state index contributed by atoms with van der Waals surface area (Å²) in [5, 5.41) is 8.73. The molecular formula is C8H13F2NO3. The molecule has 1 N–H and O–H groups in total. The third-order valence-electron chi connectivity index (χ3n) is 1.97. The van der Waals surface area contributed by atoms with Gasteiger partial charge in [0.05, 0.1) is 0 Å². The van der Waals surface area contributed by atoms with Crippen LogP contribution in [0.2, 0.25) is 0 Å². The fourth-order valence-corrected chi connectivity index (χ4v) is 1.06. The van der Waals surface area contributed by atoms with E-state index in [0.717, 1.165) is 0 Å². The summed E-state index contributed by atoms with van der Waals surface area (Å²) < 4.78 is 24.2. The Balaban J connectivity index is 4.90. The first kappa shape index (κ1) is 12.8. The lowest BCUT2D eigenvalue weighted by atomic mass is 10.0. The van der Waals surface area contributed by atoms with Crippen LogP contribution in [0.1, 0.15) is 20.8 Å². The first-order valence-corrected chi connectivity index (χ1v) is 4.08. The van der Waals surface area contributed by atoms with Crippen molar-refractivity contribution in [3.8, 4) is 0 Å². The molecule has 14 heavy (non-hydrogen) atoms. The summed E-state index contributed by atoms with van der Waals surface area (Å²) in [5.74, 6) is -2.77. The highest BCUT2D eigenvalue weighted by atomic mass is 19.3. The van der Waals surface area contributed by atoms with Crippen molar-refractivity contribution >= 4 is 11.9 Å². The quantitative estimate of drug-likeness (QED) is 0.750. The topological polar surface area (TPSA) is 57.6 Å². The van der Waals surface area contributed by atoms with Crippen LogP contribution in [0.3, 0.4) is 0 Å². The lowest BCUT2D eigenvalue weighted by Gasteiger charge is -2.33. The molecule has 82 valence electrons. The number of carboxylic acid groups (broad SMARTS) is 1. The lowest BCUT2D eigenvalue weighted by Crippen LogP contribution is -2.54. The van der Waals surface area contributed by atoms with Crippen molar-refractivity contribution in [1.29, 1.82) is 0 Å². The second-order valence-electron chi connectivity index (χ2n) is 3.25. The van der Waals surface area contributed by atoms with Gasteiger partial charge in [-0.3, -0.25) is 4.79 Å². The number of aliphatic carboxylic acids is 1. The minimum atomic E-state index is -3.17. The number of hydrogen-bond donors (Lipinski definition) is 1.